The number of nitrogens with zero attached hydrogens (tertiary/aromatic N) is 2. The Labute approximate surface area is 181 Å². The van der Waals surface area contributed by atoms with Crippen LogP contribution in [0.5, 0.6) is 0 Å². The Morgan fingerprint density at radius 1 is 1.23 bits per heavy atom. The fraction of sp³-hybridized carbons (Fsp3) is 0.478. The molecule has 0 spiro atoms. The zero-order valence-corrected chi connectivity index (χ0v) is 18.2. The largest absolute Gasteiger partial charge is 0.339 e. The molecule has 2 aliphatic heterocycles. The number of fused-ring (bicyclic) bond motifs is 1. The van der Waals surface area contributed by atoms with Gasteiger partial charge in [0.25, 0.3) is 5.56 Å². The van der Waals surface area contributed by atoms with Gasteiger partial charge in [0.1, 0.15) is 5.82 Å². The maximum absolute atomic E-state index is 13.0. The number of hydrogen-bond acceptors (Lipinski definition) is 5. The standard InChI is InChI=1S/C23H29N5O3/c1-4-16-7-5-6-10-28(16)23-26-20-19(22(31)27-23)17(12-18(29)25-20)21(30)24-15-9-8-13(2)14(3)11-15/h8-9,11,16-17H,4-7,10,12H2,1-3H3,(H,24,30)(H2,25,26,27,29,31)/t16-,17-/m0/s1. The molecule has 31 heavy (non-hydrogen) atoms. The Kier molecular flexibility index (Phi) is 5.80. The molecule has 8 heteroatoms. The van der Waals surface area contributed by atoms with Crippen LogP contribution in [0.15, 0.2) is 23.0 Å². The van der Waals surface area contributed by atoms with Crippen LogP contribution in [-0.4, -0.2) is 34.4 Å². The minimum absolute atomic E-state index is 0.0882. The summed E-state index contributed by atoms with van der Waals surface area (Å²) in [5, 5.41) is 5.55. The quantitative estimate of drug-likeness (QED) is 0.700. The molecular weight excluding hydrogens is 394 g/mol. The van der Waals surface area contributed by atoms with E-state index < -0.39 is 5.92 Å². The lowest BCUT2D eigenvalue weighted by molar-refractivity contribution is -0.123. The maximum atomic E-state index is 13.0. The molecule has 0 aliphatic carbocycles. The van der Waals surface area contributed by atoms with Crippen LogP contribution < -0.4 is 21.1 Å². The second kappa shape index (κ2) is 8.53. The number of piperidine rings is 1. The Balaban J connectivity index is 1.65. The maximum Gasteiger partial charge on any atom is 0.258 e. The number of carbonyl (C=O) groups excluding carboxylic acids is 2. The van der Waals surface area contributed by atoms with Crippen LogP contribution in [0.25, 0.3) is 0 Å². The normalized spacial score (nSPS) is 20.7. The van der Waals surface area contributed by atoms with Crippen molar-refractivity contribution in [2.24, 2.45) is 0 Å². The van der Waals surface area contributed by atoms with Gasteiger partial charge >= 0.3 is 0 Å². The molecule has 0 saturated carbocycles. The zero-order valence-electron chi connectivity index (χ0n) is 18.2. The average Bonchev–Trinajstić information content (AvgIpc) is 2.75. The minimum atomic E-state index is -0.890. The van der Waals surface area contributed by atoms with Gasteiger partial charge in [0, 0.05) is 24.7 Å². The second-order valence-electron chi connectivity index (χ2n) is 8.50. The summed E-state index contributed by atoms with van der Waals surface area (Å²) in [6.45, 7) is 6.89. The molecule has 0 unspecified atom stereocenters. The summed E-state index contributed by atoms with van der Waals surface area (Å²) in [7, 11) is 0. The van der Waals surface area contributed by atoms with Crippen molar-refractivity contribution in [3.63, 3.8) is 0 Å². The van der Waals surface area contributed by atoms with E-state index in [0.717, 1.165) is 43.4 Å². The smallest absolute Gasteiger partial charge is 0.258 e. The van der Waals surface area contributed by atoms with E-state index in [1.165, 1.54) is 0 Å². The van der Waals surface area contributed by atoms with Crippen molar-refractivity contribution >= 4 is 29.3 Å². The van der Waals surface area contributed by atoms with Gasteiger partial charge in [0.2, 0.25) is 17.8 Å². The number of hydrogen-bond donors (Lipinski definition) is 3. The molecule has 3 N–H and O–H groups in total. The van der Waals surface area contributed by atoms with Gasteiger partial charge in [-0.15, -0.1) is 0 Å². The fourth-order valence-corrected chi connectivity index (χ4v) is 4.47. The van der Waals surface area contributed by atoms with E-state index in [1.807, 2.05) is 32.0 Å². The summed E-state index contributed by atoms with van der Waals surface area (Å²) in [4.78, 5) is 48.0. The summed E-state index contributed by atoms with van der Waals surface area (Å²) in [6.07, 6.45) is 4.10. The topological polar surface area (TPSA) is 107 Å². The molecule has 8 nitrogen and oxygen atoms in total. The Morgan fingerprint density at radius 2 is 2.03 bits per heavy atom. The highest BCUT2D eigenvalue weighted by molar-refractivity contribution is 6.04. The van der Waals surface area contributed by atoms with E-state index in [1.54, 1.807) is 0 Å². The molecule has 1 saturated heterocycles. The summed E-state index contributed by atoms with van der Waals surface area (Å²) in [6, 6.07) is 5.93. The lowest BCUT2D eigenvalue weighted by Gasteiger charge is -2.36. The van der Waals surface area contributed by atoms with Gasteiger partial charge in [-0.25, -0.2) is 0 Å². The van der Waals surface area contributed by atoms with Crippen molar-refractivity contribution in [3.8, 4) is 0 Å². The van der Waals surface area contributed by atoms with E-state index in [9.17, 15) is 14.4 Å². The van der Waals surface area contributed by atoms with E-state index in [2.05, 4.69) is 32.4 Å². The second-order valence-corrected chi connectivity index (χ2v) is 8.50. The van der Waals surface area contributed by atoms with Gasteiger partial charge in [0.15, 0.2) is 0 Å². The van der Waals surface area contributed by atoms with Gasteiger partial charge < -0.3 is 15.5 Å². The van der Waals surface area contributed by atoms with Crippen LogP contribution in [0.2, 0.25) is 0 Å². The third kappa shape index (κ3) is 4.19. The molecule has 1 aromatic carbocycles. The summed E-state index contributed by atoms with van der Waals surface area (Å²) in [5.74, 6) is -0.938. The number of benzene rings is 1. The first kappa shape index (κ1) is 21.1. The average molecular weight is 424 g/mol. The van der Waals surface area contributed by atoms with Crippen molar-refractivity contribution in [3.05, 3.63) is 45.2 Å². The Hall–Kier alpha value is -3.16. The molecule has 2 amide bonds. The molecule has 4 rings (SSSR count). The molecule has 2 aromatic rings. The molecule has 1 aromatic heterocycles. The van der Waals surface area contributed by atoms with Crippen LogP contribution >= 0.6 is 0 Å². The number of amides is 2. The van der Waals surface area contributed by atoms with Crippen molar-refractivity contribution < 1.29 is 9.59 Å². The van der Waals surface area contributed by atoms with E-state index >= 15 is 0 Å². The van der Waals surface area contributed by atoms with Gasteiger partial charge in [-0.1, -0.05) is 13.0 Å². The van der Waals surface area contributed by atoms with Crippen molar-refractivity contribution in [1.29, 1.82) is 0 Å². The molecule has 0 bridgehead atoms. The highest BCUT2D eigenvalue weighted by atomic mass is 16.2. The highest BCUT2D eigenvalue weighted by Gasteiger charge is 2.35. The zero-order chi connectivity index (χ0) is 22.1. The number of anilines is 3. The van der Waals surface area contributed by atoms with Crippen LogP contribution in [0, 0.1) is 13.8 Å². The third-order valence-electron chi connectivity index (χ3n) is 6.40. The number of carbonyl (C=O) groups is 2. The first-order valence-electron chi connectivity index (χ1n) is 11.0. The predicted octanol–water partition coefficient (Wildman–Crippen LogP) is 3.22. The Morgan fingerprint density at radius 3 is 2.77 bits per heavy atom. The fourth-order valence-electron chi connectivity index (χ4n) is 4.47. The van der Waals surface area contributed by atoms with E-state index in [-0.39, 0.29) is 35.2 Å². The molecule has 164 valence electrons. The number of aryl methyl sites for hydroxylation is 2. The number of aromatic nitrogens is 2. The SMILES string of the molecule is CC[C@H]1CCCCN1c1nc2c(c(=O)[nH]1)[C@@H](C(=O)Nc1ccc(C)c(C)c1)CC(=O)N2. The predicted molar refractivity (Wildman–Crippen MR) is 121 cm³/mol. The number of aromatic amines is 1. The number of H-pyrrole nitrogens is 1. The van der Waals surface area contributed by atoms with E-state index in [0.29, 0.717) is 17.7 Å². The van der Waals surface area contributed by atoms with Crippen molar-refractivity contribution in [2.45, 2.75) is 64.8 Å². The van der Waals surface area contributed by atoms with Crippen LogP contribution in [-0.2, 0) is 9.59 Å². The van der Waals surface area contributed by atoms with Gasteiger partial charge in [0.05, 0.1) is 11.5 Å². The lowest BCUT2D eigenvalue weighted by Crippen LogP contribution is -2.43. The number of rotatable bonds is 4. The first-order chi connectivity index (χ1) is 14.9. The molecule has 0 radical (unpaired) electrons. The molecule has 3 heterocycles. The molecule has 2 atom stereocenters. The highest BCUT2D eigenvalue weighted by Crippen LogP contribution is 2.32. The molecular formula is C23H29N5O3. The number of nitrogens with one attached hydrogen (secondary N) is 3. The van der Waals surface area contributed by atoms with Crippen LogP contribution in [0.1, 0.15) is 61.6 Å². The summed E-state index contributed by atoms with van der Waals surface area (Å²) >= 11 is 0. The van der Waals surface area contributed by atoms with Crippen LogP contribution in [0.3, 0.4) is 0 Å². The van der Waals surface area contributed by atoms with Crippen LogP contribution in [0.4, 0.5) is 17.5 Å². The van der Waals surface area contributed by atoms with Crippen molar-refractivity contribution in [2.75, 3.05) is 22.1 Å². The summed E-state index contributed by atoms with van der Waals surface area (Å²) < 4.78 is 0. The molecule has 1 fully saturated rings. The van der Waals surface area contributed by atoms with Gasteiger partial charge in [-0.3, -0.25) is 19.4 Å². The third-order valence-corrected chi connectivity index (χ3v) is 6.40. The van der Waals surface area contributed by atoms with Gasteiger partial charge in [-0.05, 0) is 62.8 Å². The summed E-state index contributed by atoms with van der Waals surface area (Å²) in [5.41, 5.74) is 2.66. The first-order valence-corrected chi connectivity index (χ1v) is 11.0. The van der Waals surface area contributed by atoms with Crippen molar-refractivity contribution in [1.82, 2.24) is 9.97 Å². The lowest BCUT2D eigenvalue weighted by atomic mass is 9.92. The van der Waals surface area contributed by atoms with Gasteiger partial charge in [-0.2, -0.15) is 4.98 Å². The minimum Gasteiger partial charge on any atom is -0.339 e. The Bertz CT molecular complexity index is 1080. The monoisotopic (exact) mass is 423 g/mol. The molecule has 2 aliphatic rings. The van der Waals surface area contributed by atoms with E-state index in [4.69, 9.17) is 0 Å².